The number of nitrogens with zero attached hydrogens (tertiary/aromatic N) is 4. The molecule has 0 unspecified atom stereocenters. The third-order valence-electron chi connectivity index (χ3n) is 7.10. The smallest absolute Gasteiger partial charge is 0.410 e. The average molecular weight is 544 g/mol. The highest BCUT2D eigenvalue weighted by atomic mass is 32.2. The lowest BCUT2D eigenvalue weighted by atomic mass is 9.91. The summed E-state index contributed by atoms with van der Waals surface area (Å²) in [6.07, 6.45) is 2.46. The Kier molecular flexibility index (Phi) is 7.26. The second kappa shape index (κ2) is 10.8. The number of anilines is 1. The highest BCUT2D eigenvalue weighted by Crippen LogP contribution is 2.37. The van der Waals surface area contributed by atoms with Crippen molar-refractivity contribution in [1.82, 2.24) is 13.9 Å². The summed E-state index contributed by atoms with van der Waals surface area (Å²) in [4.78, 5) is 22.7. The summed E-state index contributed by atoms with van der Waals surface area (Å²) in [6, 6.07) is 19.2. The maximum absolute atomic E-state index is 13.3. The Labute approximate surface area is 227 Å². The van der Waals surface area contributed by atoms with Gasteiger partial charge in [0.1, 0.15) is 6.61 Å². The minimum atomic E-state index is -3.88. The van der Waals surface area contributed by atoms with E-state index >= 15 is 0 Å². The third-order valence-corrected chi connectivity index (χ3v) is 8.78. The van der Waals surface area contributed by atoms with Gasteiger partial charge in [-0.15, -0.1) is 0 Å². The number of rotatable bonds is 7. The van der Waals surface area contributed by atoms with Crippen LogP contribution in [-0.2, 0) is 21.4 Å². The van der Waals surface area contributed by atoms with Crippen molar-refractivity contribution in [2.75, 3.05) is 18.4 Å². The van der Waals surface area contributed by atoms with E-state index in [1.54, 1.807) is 29.2 Å². The molecule has 2 atom stereocenters. The van der Waals surface area contributed by atoms with Crippen LogP contribution in [0.15, 0.2) is 84.0 Å². The Balaban J connectivity index is 1.42. The van der Waals surface area contributed by atoms with Crippen LogP contribution in [0, 0.1) is 18.4 Å². The molecule has 2 aromatic heterocycles. The molecule has 200 valence electrons. The summed E-state index contributed by atoms with van der Waals surface area (Å²) in [5, 5.41) is 4.01. The van der Waals surface area contributed by atoms with E-state index in [0.717, 1.165) is 9.54 Å². The van der Waals surface area contributed by atoms with Gasteiger partial charge in [0.05, 0.1) is 17.2 Å². The van der Waals surface area contributed by atoms with E-state index in [-0.39, 0.29) is 46.8 Å². The van der Waals surface area contributed by atoms with Crippen LogP contribution in [0.4, 0.5) is 16.2 Å². The lowest BCUT2D eigenvalue weighted by Crippen LogP contribution is -2.32. The van der Waals surface area contributed by atoms with Crippen LogP contribution in [-0.4, -0.2) is 47.5 Å². The van der Waals surface area contributed by atoms with Gasteiger partial charge >= 0.3 is 6.09 Å². The molecule has 2 aromatic carbocycles. The third kappa shape index (κ3) is 5.18. The average Bonchev–Trinajstić information content (AvgIpc) is 3.58. The van der Waals surface area contributed by atoms with Gasteiger partial charge in [0.25, 0.3) is 10.0 Å². The molecular weight excluding hydrogens is 514 g/mol. The zero-order valence-electron chi connectivity index (χ0n) is 21.7. The van der Waals surface area contributed by atoms with Gasteiger partial charge in [-0.1, -0.05) is 62.4 Å². The molecule has 1 aliphatic heterocycles. The quantitative estimate of drug-likeness (QED) is 0.308. The second-order valence-corrected chi connectivity index (χ2v) is 11.7. The summed E-state index contributed by atoms with van der Waals surface area (Å²) < 4.78 is 33.4. The lowest BCUT2D eigenvalue weighted by molar-refractivity contribution is 0.102. The summed E-state index contributed by atoms with van der Waals surface area (Å²) in [5.74, 6) is 0.331. The largest absolute Gasteiger partial charge is 0.445 e. The highest BCUT2D eigenvalue weighted by molar-refractivity contribution is 7.90. The normalized spacial score (nSPS) is 17.3. The predicted molar refractivity (Wildman–Crippen MR) is 149 cm³/mol. The minimum Gasteiger partial charge on any atom is -0.445 e. The van der Waals surface area contributed by atoms with Crippen molar-refractivity contribution in [3.05, 3.63) is 96.1 Å². The Hall–Kier alpha value is -4.36. The van der Waals surface area contributed by atoms with Crippen molar-refractivity contribution >= 4 is 38.5 Å². The molecular formula is C29H29N5O4S. The Morgan fingerprint density at radius 1 is 1.10 bits per heavy atom. The van der Waals surface area contributed by atoms with E-state index in [0.29, 0.717) is 24.2 Å². The van der Waals surface area contributed by atoms with E-state index in [4.69, 9.17) is 11.3 Å². The molecule has 0 radical (unpaired) electrons. The van der Waals surface area contributed by atoms with Crippen LogP contribution in [0.5, 0.6) is 0 Å². The van der Waals surface area contributed by atoms with Crippen molar-refractivity contribution in [3.63, 3.8) is 0 Å². The van der Waals surface area contributed by atoms with Crippen molar-refractivity contribution < 1.29 is 17.9 Å². The number of carbonyl (C=O) groups excluding carboxylic acids is 1. The zero-order chi connectivity index (χ0) is 27.6. The fourth-order valence-corrected chi connectivity index (χ4v) is 6.31. The van der Waals surface area contributed by atoms with Gasteiger partial charge in [0, 0.05) is 42.8 Å². The number of benzene rings is 2. The summed E-state index contributed by atoms with van der Waals surface area (Å²) >= 11 is 0. The molecule has 3 heterocycles. The van der Waals surface area contributed by atoms with Crippen LogP contribution in [0.25, 0.3) is 15.9 Å². The van der Waals surface area contributed by atoms with Crippen LogP contribution in [0.2, 0.25) is 0 Å². The van der Waals surface area contributed by atoms with Gasteiger partial charge in [-0.05, 0) is 29.7 Å². The maximum Gasteiger partial charge on any atom is 0.410 e. The molecule has 0 bridgehead atoms. The number of hydrogen-bond donors (Lipinski definition) is 1. The van der Waals surface area contributed by atoms with E-state index in [1.807, 2.05) is 30.3 Å². The Morgan fingerprint density at radius 2 is 1.79 bits per heavy atom. The zero-order valence-corrected chi connectivity index (χ0v) is 22.5. The number of carbonyl (C=O) groups is 1. The van der Waals surface area contributed by atoms with Crippen LogP contribution >= 0.6 is 0 Å². The number of hydrogen-bond acceptors (Lipinski definition) is 6. The first-order valence-corrected chi connectivity index (χ1v) is 14.1. The van der Waals surface area contributed by atoms with Gasteiger partial charge in [-0.25, -0.2) is 27.0 Å². The number of nitrogens with one attached hydrogen (secondary N) is 1. The van der Waals surface area contributed by atoms with E-state index in [9.17, 15) is 13.2 Å². The fraction of sp³-hybridized carbons (Fsp3) is 0.276. The van der Waals surface area contributed by atoms with Crippen molar-refractivity contribution in [2.24, 2.45) is 11.8 Å². The molecule has 1 amide bonds. The number of fused-ring (bicyclic) bond motifs is 1. The van der Waals surface area contributed by atoms with E-state index in [2.05, 4.69) is 29.0 Å². The Bertz CT molecular complexity index is 1630. The number of pyridine rings is 1. The first kappa shape index (κ1) is 26.3. The maximum atomic E-state index is 13.3. The van der Waals surface area contributed by atoms with Crippen LogP contribution in [0.3, 0.4) is 0 Å². The summed E-state index contributed by atoms with van der Waals surface area (Å²) in [7, 11) is -3.88. The molecule has 10 heteroatoms. The first-order chi connectivity index (χ1) is 18.8. The van der Waals surface area contributed by atoms with Gasteiger partial charge in [0.15, 0.2) is 5.65 Å². The highest BCUT2D eigenvalue weighted by Gasteiger charge is 2.38. The molecule has 1 N–H and O–H groups in total. The monoisotopic (exact) mass is 543 g/mol. The Morgan fingerprint density at radius 3 is 2.46 bits per heavy atom. The molecule has 1 saturated heterocycles. The van der Waals surface area contributed by atoms with E-state index in [1.165, 1.54) is 24.5 Å². The molecule has 9 nitrogen and oxygen atoms in total. The molecule has 0 saturated carbocycles. The standard InChI is InChI=1S/C29H29N5O4S/c1-20(2)24-17-33(29(35)38-19-21-10-6-4-7-11-21)18-26(24)32-27-23-14-15-34(28(23)31-16-25(27)30-3)39(36,37)22-12-8-5-9-13-22/h4-16,20,24,26H,17-19H2,1-2H3,(H,31,32)/t24-,26-/m0/s1. The topological polar surface area (TPSA) is 97.9 Å². The molecule has 1 aliphatic rings. The summed E-state index contributed by atoms with van der Waals surface area (Å²) in [6.45, 7) is 13.0. The van der Waals surface area contributed by atoms with Crippen LogP contribution < -0.4 is 5.32 Å². The molecule has 5 rings (SSSR count). The van der Waals surface area contributed by atoms with Gasteiger partial charge in [-0.3, -0.25) is 0 Å². The molecule has 0 spiro atoms. The molecule has 0 aliphatic carbocycles. The fourth-order valence-electron chi connectivity index (χ4n) is 4.99. The van der Waals surface area contributed by atoms with E-state index < -0.39 is 10.0 Å². The first-order valence-electron chi connectivity index (χ1n) is 12.7. The van der Waals surface area contributed by atoms with Crippen LogP contribution in [0.1, 0.15) is 19.4 Å². The summed E-state index contributed by atoms with van der Waals surface area (Å²) in [5.41, 5.74) is 1.93. The predicted octanol–water partition coefficient (Wildman–Crippen LogP) is 5.53. The van der Waals surface area contributed by atoms with Crippen molar-refractivity contribution in [2.45, 2.75) is 31.4 Å². The van der Waals surface area contributed by atoms with Gasteiger partial charge in [-0.2, -0.15) is 0 Å². The minimum absolute atomic E-state index is 0.0891. The second-order valence-electron chi connectivity index (χ2n) is 9.90. The SMILES string of the molecule is [C-]#[N+]c1cnc2c(ccn2S(=O)(=O)c2ccccc2)c1N[C@H]1CN(C(=O)OCc2ccccc2)C[C@H]1C(C)C. The van der Waals surface area contributed by atoms with Crippen molar-refractivity contribution in [3.8, 4) is 0 Å². The number of ether oxygens (including phenoxy) is 1. The van der Waals surface area contributed by atoms with Gasteiger partial charge in [0.2, 0.25) is 5.69 Å². The molecule has 1 fully saturated rings. The molecule has 39 heavy (non-hydrogen) atoms. The molecule has 4 aromatic rings. The number of likely N-dealkylation sites (tertiary alicyclic amines) is 1. The number of amides is 1. The van der Waals surface area contributed by atoms with Gasteiger partial charge < -0.3 is 15.0 Å². The van der Waals surface area contributed by atoms with Crippen molar-refractivity contribution in [1.29, 1.82) is 0 Å². The number of aromatic nitrogens is 2. The lowest BCUT2D eigenvalue weighted by Gasteiger charge is -2.24.